The Morgan fingerprint density at radius 2 is 2.05 bits per heavy atom. The summed E-state index contributed by atoms with van der Waals surface area (Å²) in [4.78, 5) is 14.6. The van der Waals surface area contributed by atoms with Gasteiger partial charge in [-0.05, 0) is 36.4 Å². The maximum absolute atomic E-state index is 12.4. The normalized spacial score (nSPS) is 23.7. The zero-order valence-electron chi connectivity index (χ0n) is 14.0. The van der Waals surface area contributed by atoms with Crippen LogP contribution in [0.1, 0.15) is 38.8 Å². The number of nitrogens with two attached hydrogens (primary N) is 1. The van der Waals surface area contributed by atoms with E-state index in [0.29, 0.717) is 19.0 Å². The number of rotatable bonds is 6. The molecule has 1 aliphatic heterocycles. The lowest BCUT2D eigenvalue weighted by Crippen LogP contribution is -2.40. The van der Waals surface area contributed by atoms with Crippen molar-refractivity contribution in [2.75, 3.05) is 26.2 Å². The first kappa shape index (κ1) is 17.0. The number of likely N-dealkylation sites (tertiary alicyclic amines) is 1. The lowest BCUT2D eigenvalue weighted by Gasteiger charge is -2.25. The van der Waals surface area contributed by atoms with Gasteiger partial charge in [-0.2, -0.15) is 0 Å². The average molecular weight is 303 g/mol. The van der Waals surface area contributed by atoms with Gasteiger partial charge in [-0.15, -0.1) is 0 Å². The smallest absolute Gasteiger partial charge is 0.234 e. The van der Waals surface area contributed by atoms with Crippen molar-refractivity contribution < 1.29 is 4.79 Å². The van der Waals surface area contributed by atoms with E-state index in [1.54, 1.807) is 0 Å². The molecule has 0 aliphatic carbocycles. The van der Waals surface area contributed by atoms with Crippen molar-refractivity contribution in [3.8, 4) is 0 Å². The van der Waals surface area contributed by atoms with Gasteiger partial charge in [-0.1, -0.05) is 51.1 Å². The molecule has 0 bridgehead atoms. The fraction of sp³-hybridized carbons (Fsp3) is 0.611. The number of hydrogen-bond acceptors (Lipinski definition) is 3. The van der Waals surface area contributed by atoms with E-state index in [1.807, 2.05) is 18.2 Å². The Hall–Kier alpha value is -1.39. The summed E-state index contributed by atoms with van der Waals surface area (Å²) in [6, 6.07) is 10.3. The van der Waals surface area contributed by atoms with Crippen LogP contribution in [0.3, 0.4) is 0 Å². The molecule has 4 nitrogen and oxygen atoms in total. The van der Waals surface area contributed by atoms with Gasteiger partial charge >= 0.3 is 0 Å². The predicted molar refractivity (Wildman–Crippen MR) is 90.4 cm³/mol. The third-order valence-electron chi connectivity index (χ3n) is 4.64. The molecule has 1 aromatic carbocycles. The molecule has 22 heavy (non-hydrogen) atoms. The number of amides is 1. The Balaban J connectivity index is 1.93. The summed E-state index contributed by atoms with van der Waals surface area (Å²) in [6.45, 7) is 9.49. The SMILES string of the molecule is CC(C)C(NC(=O)CN1CCC(C)(CN)C1)c1ccccc1. The molecule has 2 atom stereocenters. The highest BCUT2D eigenvalue weighted by Gasteiger charge is 2.33. The highest BCUT2D eigenvalue weighted by Crippen LogP contribution is 2.28. The zero-order chi connectivity index (χ0) is 16.2. The van der Waals surface area contributed by atoms with Gasteiger partial charge in [0.25, 0.3) is 0 Å². The van der Waals surface area contributed by atoms with Crippen molar-refractivity contribution >= 4 is 5.91 Å². The Bertz CT molecular complexity index is 488. The van der Waals surface area contributed by atoms with Crippen LogP contribution in [0.15, 0.2) is 30.3 Å². The standard InChI is InChI=1S/C18H29N3O/c1-14(2)17(15-7-5-4-6-8-15)20-16(22)11-21-10-9-18(3,12-19)13-21/h4-8,14,17H,9-13,19H2,1-3H3,(H,20,22). The lowest BCUT2D eigenvalue weighted by molar-refractivity contribution is -0.123. The Morgan fingerprint density at radius 3 is 2.59 bits per heavy atom. The van der Waals surface area contributed by atoms with Crippen molar-refractivity contribution in [2.24, 2.45) is 17.1 Å². The summed E-state index contributed by atoms with van der Waals surface area (Å²) >= 11 is 0. The fourth-order valence-electron chi connectivity index (χ4n) is 3.14. The Kier molecular flexibility index (Phi) is 5.59. The number of hydrogen-bond donors (Lipinski definition) is 2. The topological polar surface area (TPSA) is 58.4 Å². The van der Waals surface area contributed by atoms with E-state index in [2.05, 4.69) is 43.1 Å². The number of benzene rings is 1. The van der Waals surface area contributed by atoms with Crippen LogP contribution in [-0.4, -0.2) is 37.0 Å². The van der Waals surface area contributed by atoms with Crippen LogP contribution in [0.5, 0.6) is 0 Å². The van der Waals surface area contributed by atoms with Gasteiger partial charge in [-0.25, -0.2) is 0 Å². The van der Waals surface area contributed by atoms with Crippen molar-refractivity contribution in [1.82, 2.24) is 10.2 Å². The van der Waals surface area contributed by atoms with E-state index in [0.717, 1.165) is 19.5 Å². The van der Waals surface area contributed by atoms with Crippen molar-refractivity contribution in [2.45, 2.75) is 33.2 Å². The van der Waals surface area contributed by atoms with Gasteiger partial charge in [0.1, 0.15) is 0 Å². The maximum atomic E-state index is 12.4. The largest absolute Gasteiger partial charge is 0.348 e. The van der Waals surface area contributed by atoms with Crippen molar-refractivity contribution in [3.63, 3.8) is 0 Å². The molecule has 0 radical (unpaired) electrons. The summed E-state index contributed by atoms with van der Waals surface area (Å²) in [5.74, 6) is 0.461. The molecule has 1 aliphatic rings. The van der Waals surface area contributed by atoms with Gasteiger partial charge in [0.2, 0.25) is 5.91 Å². The Morgan fingerprint density at radius 1 is 1.36 bits per heavy atom. The number of nitrogens with zero attached hydrogens (tertiary/aromatic N) is 1. The molecule has 2 unspecified atom stereocenters. The van der Waals surface area contributed by atoms with Crippen LogP contribution in [0.4, 0.5) is 0 Å². The minimum absolute atomic E-state index is 0.0668. The molecular weight excluding hydrogens is 274 g/mol. The van der Waals surface area contributed by atoms with Gasteiger partial charge in [-0.3, -0.25) is 9.69 Å². The van der Waals surface area contributed by atoms with Crippen LogP contribution in [0.2, 0.25) is 0 Å². The molecule has 0 spiro atoms. The maximum Gasteiger partial charge on any atom is 0.234 e. The molecule has 1 fully saturated rings. The molecule has 3 N–H and O–H groups in total. The van der Waals surface area contributed by atoms with Crippen molar-refractivity contribution in [1.29, 1.82) is 0 Å². The molecular formula is C18H29N3O. The van der Waals surface area contributed by atoms with E-state index in [9.17, 15) is 4.79 Å². The third kappa shape index (κ3) is 4.31. The molecule has 1 saturated heterocycles. The van der Waals surface area contributed by atoms with Gasteiger partial charge in [0, 0.05) is 6.54 Å². The number of carbonyl (C=O) groups is 1. The molecule has 0 aromatic heterocycles. The first-order chi connectivity index (χ1) is 10.4. The average Bonchev–Trinajstić information content (AvgIpc) is 2.87. The fourth-order valence-corrected chi connectivity index (χ4v) is 3.14. The van der Waals surface area contributed by atoms with Gasteiger partial charge in [0.15, 0.2) is 0 Å². The lowest BCUT2D eigenvalue weighted by atomic mass is 9.90. The molecule has 4 heteroatoms. The molecule has 2 rings (SSSR count). The molecule has 1 heterocycles. The number of carbonyl (C=O) groups excluding carboxylic acids is 1. The highest BCUT2D eigenvalue weighted by atomic mass is 16.2. The summed E-state index contributed by atoms with van der Waals surface area (Å²) in [5.41, 5.74) is 7.16. The second kappa shape index (κ2) is 7.25. The van der Waals surface area contributed by atoms with Crippen LogP contribution >= 0.6 is 0 Å². The van der Waals surface area contributed by atoms with Crippen molar-refractivity contribution in [3.05, 3.63) is 35.9 Å². The van der Waals surface area contributed by atoms with Gasteiger partial charge in [0.05, 0.1) is 12.6 Å². The van der Waals surface area contributed by atoms with Crippen LogP contribution < -0.4 is 11.1 Å². The molecule has 1 amide bonds. The predicted octanol–water partition coefficient (Wildman–Crippen LogP) is 2.17. The summed E-state index contributed by atoms with van der Waals surface area (Å²) in [5, 5.41) is 3.19. The molecule has 122 valence electrons. The monoisotopic (exact) mass is 303 g/mol. The minimum atomic E-state index is 0.0668. The highest BCUT2D eigenvalue weighted by molar-refractivity contribution is 5.78. The quantitative estimate of drug-likeness (QED) is 0.847. The van der Waals surface area contributed by atoms with E-state index in [1.165, 1.54) is 5.56 Å². The minimum Gasteiger partial charge on any atom is -0.348 e. The number of nitrogens with one attached hydrogen (secondary N) is 1. The van der Waals surface area contributed by atoms with Gasteiger partial charge < -0.3 is 11.1 Å². The first-order valence-corrected chi connectivity index (χ1v) is 8.20. The molecule has 1 aromatic rings. The van der Waals surface area contributed by atoms with E-state index in [4.69, 9.17) is 5.73 Å². The zero-order valence-corrected chi connectivity index (χ0v) is 14.0. The second-order valence-electron chi connectivity index (χ2n) is 7.18. The van der Waals surface area contributed by atoms with E-state index < -0.39 is 0 Å². The third-order valence-corrected chi connectivity index (χ3v) is 4.64. The molecule has 0 saturated carbocycles. The van der Waals surface area contributed by atoms with Crippen LogP contribution in [0, 0.1) is 11.3 Å². The first-order valence-electron chi connectivity index (χ1n) is 8.20. The summed E-state index contributed by atoms with van der Waals surface area (Å²) in [7, 11) is 0. The Labute approximate surface area is 134 Å². The van der Waals surface area contributed by atoms with Crippen LogP contribution in [-0.2, 0) is 4.79 Å². The van der Waals surface area contributed by atoms with Crippen LogP contribution in [0.25, 0.3) is 0 Å². The summed E-state index contributed by atoms with van der Waals surface area (Å²) < 4.78 is 0. The second-order valence-corrected chi connectivity index (χ2v) is 7.18. The summed E-state index contributed by atoms with van der Waals surface area (Å²) in [6.07, 6.45) is 1.07. The van der Waals surface area contributed by atoms with E-state index in [-0.39, 0.29) is 17.4 Å². The van der Waals surface area contributed by atoms with E-state index >= 15 is 0 Å².